The number of carbonyl (C=O) groups excluding carboxylic acids is 1. The van der Waals surface area contributed by atoms with Gasteiger partial charge in [-0.2, -0.15) is 13.8 Å². The van der Waals surface area contributed by atoms with E-state index in [9.17, 15) is 13.6 Å². The van der Waals surface area contributed by atoms with Crippen molar-refractivity contribution in [1.29, 1.82) is 0 Å². The molecular weight excluding hydrogens is 220 g/mol. The lowest BCUT2D eigenvalue weighted by molar-refractivity contribution is -0.0514. The fraction of sp³-hybridized carbons (Fsp3) is 0.300. The van der Waals surface area contributed by atoms with E-state index in [1.807, 2.05) is 0 Å². The molecule has 0 radical (unpaired) electrons. The second-order valence-electron chi connectivity index (χ2n) is 2.65. The lowest BCUT2D eigenvalue weighted by atomic mass is 10.3. The molecule has 86 valence electrons. The van der Waals surface area contributed by atoms with Crippen LogP contribution in [0.2, 0.25) is 0 Å². The second-order valence-corrected chi connectivity index (χ2v) is 2.65. The van der Waals surface area contributed by atoms with Gasteiger partial charge in [0.2, 0.25) is 6.08 Å². The zero-order chi connectivity index (χ0) is 12.0. The molecule has 0 fully saturated rings. The Hall–Kier alpha value is -1.94. The fourth-order valence-corrected chi connectivity index (χ4v) is 1.08. The quantitative estimate of drug-likeness (QED) is 0.576. The van der Waals surface area contributed by atoms with Crippen molar-refractivity contribution in [2.24, 2.45) is 4.99 Å². The van der Waals surface area contributed by atoms with Gasteiger partial charge in [0.15, 0.2) is 11.5 Å². The highest BCUT2D eigenvalue weighted by atomic mass is 19.3. The Morgan fingerprint density at radius 2 is 2.19 bits per heavy atom. The summed E-state index contributed by atoms with van der Waals surface area (Å²) in [6, 6.07) is 3.94. The van der Waals surface area contributed by atoms with Gasteiger partial charge in [0.1, 0.15) is 0 Å². The van der Waals surface area contributed by atoms with Gasteiger partial charge in [-0.05, 0) is 19.1 Å². The molecule has 6 heteroatoms. The Bertz CT molecular complexity index is 403. The summed E-state index contributed by atoms with van der Waals surface area (Å²) in [6.07, 6.45) is 1.34. The van der Waals surface area contributed by atoms with Crippen molar-refractivity contribution in [3.63, 3.8) is 0 Å². The van der Waals surface area contributed by atoms with E-state index in [-0.39, 0.29) is 23.8 Å². The molecule has 1 aromatic rings. The van der Waals surface area contributed by atoms with Gasteiger partial charge in [0, 0.05) is 6.07 Å². The molecule has 0 unspecified atom stereocenters. The van der Waals surface area contributed by atoms with Crippen molar-refractivity contribution in [2.75, 3.05) is 6.61 Å². The molecule has 0 aliphatic heterocycles. The number of ether oxygens (including phenoxy) is 2. The van der Waals surface area contributed by atoms with Gasteiger partial charge in [0.05, 0.1) is 12.3 Å². The molecule has 1 rings (SSSR count). The number of benzene rings is 1. The molecule has 0 aliphatic carbocycles. The molecule has 4 nitrogen and oxygen atoms in total. The highest BCUT2D eigenvalue weighted by Crippen LogP contribution is 2.32. The lowest BCUT2D eigenvalue weighted by Crippen LogP contribution is -2.04. The molecule has 0 saturated carbocycles. The van der Waals surface area contributed by atoms with Crippen molar-refractivity contribution in [3.8, 4) is 11.5 Å². The number of alkyl halides is 2. The number of hydrogen-bond acceptors (Lipinski definition) is 4. The van der Waals surface area contributed by atoms with Crippen LogP contribution in [0.4, 0.5) is 14.5 Å². The van der Waals surface area contributed by atoms with E-state index in [1.165, 1.54) is 24.3 Å². The number of rotatable bonds is 5. The number of halogens is 2. The molecule has 1 aromatic carbocycles. The van der Waals surface area contributed by atoms with Crippen molar-refractivity contribution < 1.29 is 23.0 Å². The molecular formula is C10H9F2NO3. The number of nitrogens with zero attached hydrogens (tertiary/aromatic N) is 1. The summed E-state index contributed by atoms with van der Waals surface area (Å²) < 4.78 is 33.4. The first-order valence-electron chi connectivity index (χ1n) is 4.47. The summed E-state index contributed by atoms with van der Waals surface area (Å²) in [7, 11) is 0. The Labute approximate surface area is 90.5 Å². The van der Waals surface area contributed by atoms with Crippen LogP contribution in [0.3, 0.4) is 0 Å². The van der Waals surface area contributed by atoms with Crippen molar-refractivity contribution in [3.05, 3.63) is 18.2 Å². The largest absolute Gasteiger partial charge is 0.490 e. The zero-order valence-corrected chi connectivity index (χ0v) is 8.44. The number of aliphatic imine (C=N–C) groups is 1. The van der Waals surface area contributed by atoms with Crippen molar-refractivity contribution in [1.82, 2.24) is 0 Å². The van der Waals surface area contributed by atoms with Crippen LogP contribution in [0.15, 0.2) is 23.2 Å². The monoisotopic (exact) mass is 229 g/mol. The minimum Gasteiger partial charge on any atom is -0.490 e. The van der Waals surface area contributed by atoms with E-state index in [0.29, 0.717) is 0 Å². The van der Waals surface area contributed by atoms with Gasteiger partial charge in [-0.25, -0.2) is 4.79 Å². The third-order valence-electron chi connectivity index (χ3n) is 1.62. The molecule has 0 saturated heterocycles. The fourth-order valence-electron chi connectivity index (χ4n) is 1.08. The first-order chi connectivity index (χ1) is 7.67. The van der Waals surface area contributed by atoms with E-state index in [0.717, 1.165) is 0 Å². The van der Waals surface area contributed by atoms with Crippen LogP contribution in [0.25, 0.3) is 0 Å². The zero-order valence-electron chi connectivity index (χ0n) is 8.44. The van der Waals surface area contributed by atoms with E-state index >= 15 is 0 Å². The topological polar surface area (TPSA) is 47.9 Å². The Morgan fingerprint density at radius 3 is 2.75 bits per heavy atom. The predicted molar refractivity (Wildman–Crippen MR) is 52.0 cm³/mol. The van der Waals surface area contributed by atoms with Crippen LogP contribution in [0.1, 0.15) is 6.92 Å². The van der Waals surface area contributed by atoms with Crippen LogP contribution in [0, 0.1) is 0 Å². The molecule has 0 heterocycles. The molecule has 0 spiro atoms. The third-order valence-corrected chi connectivity index (χ3v) is 1.62. The van der Waals surface area contributed by atoms with Crippen LogP contribution >= 0.6 is 0 Å². The van der Waals surface area contributed by atoms with Gasteiger partial charge >= 0.3 is 6.61 Å². The third kappa shape index (κ3) is 3.33. The van der Waals surface area contributed by atoms with Crippen LogP contribution in [-0.2, 0) is 4.79 Å². The van der Waals surface area contributed by atoms with Crippen molar-refractivity contribution >= 4 is 11.8 Å². The first-order valence-corrected chi connectivity index (χ1v) is 4.47. The maximum atomic E-state index is 12.0. The summed E-state index contributed by atoms with van der Waals surface area (Å²) in [5.41, 5.74) is 0.264. The summed E-state index contributed by atoms with van der Waals surface area (Å²) >= 11 is 0. The maximum absolute atomic E-state index is 12.0. The van der Waals surface area contributed by atoms with Gasteiger partial charge in [-0.3, -0.25) is 0 Å². The van der Waals surface area contributed by atoms with Gasteiger partial charge in [0.25, 0.3) is 0 Å². The van der Waals surface area contributed by atoms with E-state index in [4.69, 9.17) is 4.74 Å². The van der Waals surface area contributed by atoms with E-state index in [1.54, 1.807) is 6.92 Å². The number of isocyanates is 1. The van der Waals surface area contributed by atoms with Gasteiger partial charge in [-0.1, -0.05) is 0 Å². The normalized spacial score (nSPS) is 9.75. The molecule has 0 aromatic heterocycles. The molecule has 0 atom stereocenters. The summed E-state index contributed by atoms with van der Waals surface area (Å²) in [5.74, 6) is 0.0148. The Balaban J connectivity index is 3.03. The Morgan fingerprint density at radius 1 is 1.44 bits per heavy atom. The average molecular weight is 229 g/mol. The van der Waals surface area contributed by atoms with Gasteiger partial charge in [-0.15, -0.1) is 0 Å². The maximum Gasteiger partial charge on any atom is 0.387 e. The summed E-state index contributed by atoms with van der Waals surface area (Å²) in [4.78, 5) is 13.4. The lowest BCUT2D eigenvalue weighted by Gasteiger charge is -2.10. The highest BCUT2D eigenvalue weighted by molar-refractivity contribution is 5.55. The molecule has 0 aliphatic rings. The molecule has 16 heavy (non-hydrogen) atoms. The SMILES string of the molecule is CCOc1cc(N=C=O)ccc1OC(F)F. The summed E-state index contributed by atoms with van der Waals surface area (Å²) in [5, 5.41) is 0. The van der Waals surface area contributed by atoms with Crippen LogP contribution in [0.5, 0.6) is 11.5 Å². The predicted octanol–water partition coefficient (Wildman–Crippen LogP) is 2.65. The van der Waals surface area contributed by atoms with Crippen molar-refractivity contribution in [2.45, 2.75) is 13.5 Å². The van der Waals surface area contributed by atoms with Crippen LogP contribution < -0.4 is 9.47 Å². The first kappa shape index (κ1) is 12.1. The Kier molecular flexibility index (Phi) is 4.42. The van der Waals surface area contributed by atoms with Crippen LogP contribution in [-0.4, -0.2) is 19.3 Å². The number of hydrogen-bond donors (Lipinski definition) is 0. The summed E-state index contributed by atoms with van der Waals surface area (Å²) in [6.45, 7) is -0.949. The minimum atomic E-state index is -2.93. The molecule has 0 N–H and O–H groups in total. The minimum absolute atomic E-state index is 0.0956. The second kappa shape index (κ2) is 5.82. The van der Waals surface area contributed by atoms with E-state index < -0.39 is 6.61 Å². The molecule has 0 amide bonds. The smallest absolute Gasteiger partial charge is 0.387 e. The van der Waals surface area contributed by atoms with E-state index in [2.05, 4.69) is 9.73 Å². The highest BCUT2D eigenvalue weighted by Gasteiger charge is 2.11. The molecule has 0 bridgehead atoms. The van der Waals surface area contributed by atoms with Gasteiger partial charge < -0.3 is 9.47 Å². The standard InChI is InChI=1S/C10H9F2NO3/c1-2-15-9-5-7(13-6-14)3-4-8(9)16-10(11)12/h3-5,10H,2H2,1H3. The average Bonchev–Trinajstić information content (AvgIpc) is 2.22.